The average Bonchev–Trinajstić information content (AvgIpc) is 2.38. The molecule has 1 fully saturated rings. The number of halogens is 1. The molecule has 1 heterocycles. The molecule has 1 aliphatic heterocycles. The van der Waals surface area contributed by atoms with Crippen LogP contribution in [0.4, 0.5) is 5.69 Å². The predicted molar refractivity (Wildman–Crippen MR) is 82.9 cm³/mol. The first kappa shape index (κ1) is 14.9. The lowest BCUT2D eigenvalue weighted by Gasteiger charge is -2.34. The Balaban J connectivity index is 2.04. The lowest BCUT2D eigenvalue weighted by atomic mass is 9.94. The number of hydrogen-bond acceptors (Lipinski definition) is 3. The Hall–Kier alpha value is -0.550. The molecule has 1 aliphatic rings. The molecule has 2 rings (SSSR count). The first-order valence-electron chi connectivity index (χ1n) is 6.57. The standard InChI is InChI=1S/C14H20BrNO2S/c1-11(15)12-7-9-16(10-8-12)13-3-5-14(6-4-13)19(2,17)18/h3-6,11-12H,7-10H2,1-2H3. The van der Waals surface area contributed by atoms with Gasteiger partial charge in [-0.2, -0.15) is 0 Å². The molecule has 3 nitrogen and oxygen atoms in total. The van der Waals surface area contributed by atoms with E-state index in [0.29, 0.717) is 9.72 Å². The molecule has 0 amide bonds. The lowest BCUT2D eigenvalue weighted by Crippen LogP contribution is -2.35. The zero-order valence-corrected chi connectivity index (χ0v) is 13.7. The highest BCUT2D eigenvalue weighted by Gasteiger charge is 2.22. The quantitative estimate of drug-likeness (QED) is 0.790. The molecule has 5 heteroatoms. The van der Waals surface area contributed by atoms with Gasteiger partial charge in [0.15, 0.2) is 9.84 Å². The third kappa shape index (κ3) is 3.72. The highest BCUT2D eigenvalue weighted by Crippen LogP contribution is 2.28. The zero-order chi connectivity index (χ0) is 14.0. The molecule has 19 heavy (non-hydrogen) atoms. The molecule has 0 spiro atoms. The summed E-state index contributed by atoms with van der Waals surface area (Å²) in [4.78, 5) is 3.29. The normalized spacial score (nSPS) is 19.4. The summed E-state index contributed by atoms with van der Waals surface area (Å²) in [5, 5.41) is 0. The van der Waals surface area contributed by atoms with Crippen molar-refractivity contribution in [3.05, 3.63) is 24.3 Å². The number of anilines is 1. The summed E-state index contributed by atoms with van der Waals surface area (Å²) in [6, 6.07) is 7.22. The van der Waals surface area contributed by atoms with Crippen molar-refractivity contribution in [3.63, 3.8) is 0 Å². The van der Waals surface area contributed by atoms with Crippen molar-refractivity contribution < 1.29 is 8.42 Å². The molecule has 0 N–H and O–H groups in total. The number of nitrogens with zero attached hydrogens (tertiary/aromatic N) is 1. The van der Waals surface area contributed by atoms with Crippen LogP contribution in [0.25, 0.3) is 0 Å². The molecule has 0 saturated carbocycles. The van der Waals surface area contributed by atoms with Gasteiger partial charge >= 0.3 is 0 Å². The third-order valence-electron chi connectivity index (χ3n) is 3.82. The van der Waals surface area contributed by atoms with E-state index in [1.807, 2.05) is 12.1 Å². The van der Waals surface area contributed by atoms with Crippen LogP contribution in [0.1, 0.15) is 19.8 Å². The van der Waals surface area contributed by atoms with E-state index in [0.717, 1.165) is 24.7 Å². The summed E-state index contributed by atoms with van der Waals surface area (Å²) in [6.07, 6.45) is 3.60. The Bertz CT molecular complexity index is 517. The smallest absolute Gasteiger partial charge is 0.175 e. The Morgan fingerprint density at radius 2 is 1.74 bits per heavy atom. The minimum absolute atomic E-state index is 0.389. The number of alkyl halides is 1. The maximum Gasteiger partial charge on any atom is 0.175 e. The molecule has 0 aromatic heterocycles. The van der Waals surface area contributed by atoms with Gasteiger partial charge in [-0.15, -0.1) is 0 Å². The van der Waals surface area contributed by atoms with Crippen LogP contribution in [0.5, 0.6) is 0 Å². The molecular formula is C14H20BrNO2S. The van der Waals surface area contributed by atoms with E-state index in [9.17, 15) is 8.42 Å². The van der Waals surface area contributed by atoms with E-state index in [1.54, 1.807) is 12.1 Å². The molecule has 1 saturated heterocycles. The number of hydrogen-bond donors (Lipinski definition) is 0. The average molecular weight is 346 g/mol. The SMILES string of the molecule is CC(Br)C1CCN(c2ccc(S(C)(=O)=O)cc2)CC1. The molecule has 1 aromatic rings. The second-order valence-electron chi connectivity index (χ2n) is 5.27. The van der Waals surface area contributed by atoms with Gasteiger partial charge in [-0.25, -0.2) is 8.42 Å². The first-order valence-corrected chi connectivity index (χ1v) is 9.38. The van der Waals surface area contributed by atoms with Crippen LogP contribution in [-0.4, -0.2) is 32.6 Å². The summed E-state index contributed by atoms with van der Waals surface area (Å²) in [5.74, 6) is 0.742. The van der Waals surface area contributed by atoms with Crippen molar-refractivity contribution in [2.24, 2.45) is 5.92 Å². The van der Waals surface area contributed by atoms with Crippen LogP contribution in [0.3, 0.4) is 0 Å². The lowest BCUT2D eigenvalue weighted by molar-refractivity contribution is 0.407. The van der Waals surface area contributed by atoms with Gasteiger partial charge in [-0.1, -0.05) is 22.9 Å². The topological polar surface area (TPSA) is 37.4 Å². The molecule has 0 radical (unpaired) electrons. The minimum Gasteiger partial charge on any atom is -0.372 e. The summed E-state index contributed by atoms with van der Waals surface area (Å²) < 4.78 is 22.8. The van der Waals surface area contributed by atoms with Gasteiger partial charge in [-0.3, -0.25) is 0 Å². The molecule has 106 valence electrons. The third-order valence-corrected chi connectivity index (χ3v) is 5.70. The fraction of sp³-hybridized carbons (Fsp3) is 0.571. The summed E-state index contributed by atoms with van der Waals surface area (Å²) in [5.41, 5.74) is 1.12. The van der Waals surface area contributed by atoms with Gasteiger partial charge in [0, 0.05) is 29.9 Å². The predicted octanol–water partition coefficient (Wildman–Crippen LogP) is 3.09. The van der Waals surface area contributed by atoms with E-state index in [2.05, 4.69) is 27.8 Å². The number of rotatable bonds is 3. The Morgan fingerprint density at radius 1 is 1.21 bits per heavy atom. The van der Waals surface area contributed by atoms with Crippen LogP contribution in [0, 0.1) is 5.92 Å². The van der Waals surface area contributed by atoms with Crippen molar-refractivity contribution in [2.45, 2.75) is 29.5 Å². The van der Waals surface area contributed by atoms with E-state index in [4.69, 9.17) is 0 Å². The van der Waals surface area contributed by atoms with Crippen molar-refractivity contribution in [3.8, 4) is 0 Å². The molecule has 0 bridgehead atoms. The molecule has 1 unspecified atom stereocenters. The number of piperidine rings is 1. The molecule has 1 aromatic carbocycles. The van der Waals surface area contributed by atoms with Gasteiger partial charge < -0.3 is 4.90 Å². The highest BCUT2D eigenvalue weighted by molar-refractivity contribution is 9.09. The summed E-state index contributed by atoms with van der Waals surface area (Å²) in [6.45, 7) is 4.29. The van der Waals surface area contributed by atoms with Gasteiger partial charge in [0.05, 0.1) is 4.90 Å². The second-order valence-corrected chi connectivity index (χ2v) is 8.73. The maximum atomic E-state index is 11.4. The van der Waals surface area contributed by atoms with Crippen LogP contribution >= 0.6 is 15.9 Å². The Morgan fingerprint density at radius 3 is 2.16 bits per heavy atom. The largest absolute Gasteiger partial charge is 0.372 e. The fourth-order valence-electron chi connectivity index (χ4n) is 2.52. The fourth-order valence-corrected chi connectivity index (χ4v) is 3.68. The van der Waals surface area contributed by atoms with Crippen molar-refractivity contribution in [2.75, 3.05) is 24.2 Å². The van der Waals surface area contributed by atoms with Crippen LogP contribution in [0.2, 0.25) is 0 Å². The number of sulfone groups is 1. The molecule has 1 atom stereocenters. The summed E-state index contributed by atoms with van der Waals surface area (Å²) in [7, 11) is -3.10. The maximum absolute atomic E-state index is 11.4. The van der Waals surface area contributed by atoms with E-state index in [-0.39, 0.29) is 0 Å². The Labute approximate surface area is 124 Å². The van der Waals surface area contributed by atoms with E-state index >= 15 is 0 Å². The minimum atomic E-state index is -3.10. The van der Waals surface area contributed by atoms with E-state index < -0.39 is 9.84 Å². The van der Waals surface area contributed by atoms with Crippen LogP contribution in [0.15, 0.2) is 29.2 Å². The van der Waals surface area contributed by atoms with Crippen LogP contribution in [-0.2, 0) is 9.84 Å². The van der Waals surface area contributed by atoms with Crippen molar-refractivity contribution >= 4 is 31.5 Å². The summed E-state index contributed by atoms with van der Waals surface area (Å²) >= 11 is 3.66. The van der Waals surface area contributed by atoms with E-state index in [1.165, 1.54) is 19.1 Å². The Kier molecular flexibility index (Phi) is 4.56. The van der Waals surface area contributed by atoms with Crippen molar-refractivity contribution in [1.82, 2.24) is 0 Å². The van der Waals surface area contributed by atoms with Crippen LogP contribution < -0.4 is 4.90 Å². The first-order chi connectivity index (χ1) is 8.88. The highest BCUT2D eigenvalue weighted by atomic mass is 79.9. The van der Waals surface area contributed by atoms with Crippen molar-refractivity contribution in [1.29, 1.82) is 0 Å². The number of benzene rings is 1. The molecular weight excluding hydrogens is 326 g/mol. The second kappa shape index (κ2) is 5.83. The van der Waals surface area contributed by atoms with Gasteiger partial charge in [0.25, 0.3) is 0 Å². The van der Waals surface area contributed by atoms with Gasteiger partial charge in [-0.05, 0) is 43.0 Å². The van der Waals surface area contributed by atoms with Gasteiger partial charge in [0.1, 0.15) is 0 Å². The molecule has 0 aliphatic carbocycles. The van der Waals surface area contributed by atoms with Gasteiger partial charge in [0.2, 0.25) is 0 Å². The zero-order valence-electron chi connectivity index (χ0n) is 11.3. The monoisotopic (exact) mass is 345 g/mol.